The van der Waals surface area contributed by atoms with Gasteiger partial charge in [-0.3, -0.25) is 0 Å². The first-order valence-corrected chi connectivity index (χ1v) is 44.8. The molecular formula is C112H129F4N23. The van der Waals surface area contributed by atoms with Gasteiger partial charge in [-0.2, -0.15) is 10.2 Å². The second-order valence-electron chi connectivity index (χ2n) is 32.6. The number of hydrogen-bond donors (Lipinski definition) is 13. The number of rotatable bonds is 7. The second-order valence-corrected chi connectivity index (χ2v) is 32.6. The van der Waals surface area contributed by atoms with E-state index >= 15 is 0 Å². The van der Waals surface area contributed by atoms with Crippen molar-refractivity contribution in [3.05, 3.63) is 439 Å². The van der Waals surface area contributed by atoms with Crippen molar-refractivity contribution in [3.63, 3.8) is 0 Å². The van der Waals surface area contributed by atoms with Gasteiger partial charge < -0.3 is 74.5 Å². The van der Waals surface area contributed by atoms with Crippen molar-refractivity contribution in [1.82, 2.24) is 50.3 Å². The summed E-state index contributed by atoms with van der Waals surface area (Å²) < 4.78 is 50.4. The molecule has 0 aliphatic heterocycles. The molecule has 19 aromatic rings. The maximum atomic E-state index is 12.8. The summed E-state index contributed by atoms with van der Waals surface area (Å²) in [5.41, 5.74) is 95.1. The molecule has 0 atom stereocenters. The molecule has 0 saturated heterocycles. The van der Waals surface area contributed by atoms with Crippen molar-refractivity contribution < 1.29 is 17.6 Å². The summed E-state index contributed by atoms with van der Waals surface area (Å²) in [6.07, 6.45) is 9.86. The molecule has 6 aromatic heterocycles. The Morgan fingerprint density at radius 1 is 0.237 bits per heavy atom. The Kier molecular flexibility index (Phi) is 45.4. The van der Waals surface area contributed by atoms with E-state index in [0.29, 0.717) is 85.3 Å². The average Bonchev–Trinajstić information content (AvgIpc) is 0.843. The Balaban J connectivity index is 0.000000205. The molecular weight excluding hydrogens is 1740 g/mol. The van der Waals surface area contributed by atoms with Crippen LogP contribution in [0.2, 0.25) is 0 Å². The molecule has 0 aliphatic rings. The van der Waals surface area contributed by atoms with Gasteiger partial charge in [0, 0.05) is 107 Å². The molecule has 13 aromatic carbocycles. The summed E-state index contributed by atoms with van der Waals surface area (Å²) >= 11 is 0. The van der Waals surface area contributed by atoms with Crippen LogP contribution in [0.1, 0.15) is 111 Å². The van der Waals surface area contributed by atoms with Crippen molar-refractivity contribution in [1.29, 1.82) is 0 Å². The van der Waals surface area contributed by atoms with Crippen molar-refractivity contribution in [2.75, 3.05) is 34.4 Å². The Bertz CT molecular complexity index is 6690. The molecule has 0 aliphatic carbocycles. The fourth-order valence-electron chi connectivity index (χ4n) is 13.4. The van der Waals surface area contributed by atoms with Crippen LogP contribution in [0.15, 0.2) is 304 Å². The maximum Gasteiger partial charge on any atom is 0.153 e. The van der Waals surface area contributed by atoms with E-state index in [1.54, 1.807) is 56.0 Å². The summed E-state index contributed by atoms with van der Waals surface area (Å²) in [6.45, 7) is 29.3. The van der Waals surface area contributed by atoms with Crippen LogP contribution in [0.5, 0.6) is 0 Å². The third-order valence-corrected chi connectivity index (χ3v) is 21.6. The molecule has 26 N–H and O–H groups in total. The Labute approximate surface area is 812 Å². The van der Waals surface area contributed by atoms with Crippen LogP contribution in [0.4, 0.5) is 52.5 Å². The lowest BCUT2D eigenvalue weighted by Gasteiger charge is -2.01. The van der Waals surface area contributed by atoms with Gasteiger partial charge in [0.05, 0.1) is 23.4 Å². The van der Waals surface area contributed by atoms with Crippen LogP contribution in [-0.4, -0.2) is 50.3 Å². The molecule has 23 nitrogen and oxygen atoms in total. The summed E-state index contributed by atoms with van der Waals surface area (Å²) in [5.74, 6) is 2.49. The lowest BCUT2D eigenvalue weighted by Crippen LogP contribution is -2.01. The highest BCUT2D eigenvalue weighted by molar-refractivity contribution is 5.94. The number of nitrogen functional groups attached to an aromatic ring is 6. The van der Waals surface area contributed by atoms with E-state index in [1.807, 2.05) is 189 Å². The van der Waals surface area contributed by atoms with E-state index in [9.17, 15) is 17.6 Å². The third kappa shape index (κ3) is 36.1. The van der Waals surface area contributed by atoms with Crippen molar-refractivity contribution in [2.45, 2.75) is 136 Å². The molecule has 0 fully saturated rings. The van der Waals surface area contributed by atoms with Gasteiger partial charge in [0.1, 0.15) is 59.2 Å². The Hall–Kier alpha value is -15.7. The zero-order valence-corrected chi connectivity index (χ0v) is 81.3. The van der Waals surface area contributed by atoms with Gasteiger partial charge in [-0.25, -0.2) is 47.5 Å². The number of nitrogens with zero attached hydrogens (tertiary/aromatic N) is 10. The molecule has 27 heteroatoms. The lowest BCUT2D eigenvalue weighted by atomic mass is 10.1. The average molecular weight is 1870 g/mol. The molecule has 139 heavy (non-hydrogen) atoms. The minimum atomic E-state index is -0.217. The largest absolute Gasteiger partial charge is 0.383 e. The molecule has 720 valence electrons. The van der Waals surface area contributed by atoms with E-state index in [2.05, 4.69) is 151 Å². The smallest absolute Gasteiger partial charge is 0.153 e. The van der Waals surface area contributed by atoms with E-state index in [1.165, 1.54) is 116 Å². The molecule has 0 radical (unpaired) electrons. The van der Waals surface area contributed by atoms with Crippen LogP contribution in [-0.2, 0) is 45.8 Å². The Morgan fingerprint density at radius 2 is 0.669 bits per heavy atom. The molecule has 6 heterocycles. The zero-order chi connectivity index (χ0) is 102. The predicted octanol–water partition coefficient (Wildman–Crippen LogP) is 21.1. The summed E-state index contributed by atoms with van der Waals surface area (Å²) in [6, 6.07) is 84.0. The molecule has 0 saturated carbocycles. The van der Waals surface area contributed by atoms with Gasteiger partial charge in [0.2, 0.25) is 0 Å². The van der Waals surface area contributed by atoms with Crippen molar-refractivity contribution >= 4 is 99.8 Å². The molecule has 19 rings (SSSR count). The van der Waals surface area contributed by atoms with Crippen LogP contribution in [0.3, 0.4) is 0 Å². The van der Waals surface area contributed by atoms with Gasteiger partial charge in [-0.1, -0.05) is 215 Å². The van der Waals surface area contributed by atoms with E-state index < -0.39 is 0 Å². The monoisotopic (exact) mass is 1870 g/mol. The number of hydrogen-bond acceptors (Lipinski definition) is 23. The van der Waals surface area contributed by atoms with Crippen molar-refractivity contribution in [2.24, 2.45) is 40.1 Å². The minimum absolute atomic E-state index is 0.178. The number of pyridine rings is 2. The predicted molar refractivity (Wildman–Crippen MR) is 570 cm³/mol. The van der Waals surface area contributed by atoms with Crippen LogP contribution in [0.25, 0.3) is 64.9 Å². The lowest BCUT2D eigenvalue weighted by molar-refractivity contribution is 0.608. The highest BCUT2D eigenvalue weighted by Gasteiger charge is 2.08. The number of aryl methyl sites for hydroxylation is 12. The topological polar surface area (TPSA) is 467 Å². The molecule has 0 spiro atoms. The highest BCUT2D eigenvalue weighted by Crippen LogP contribution is 2.25. The third-order valence-electron chi connectivity index (χ3n) is 21.6. The van der Waals surface area contributed by atoms with Crippen LogP contribution < -0.4 is 74.5 Å². The van der Waals surface area contributed by atoms with Crippen LogP contribution in [0, 0.1) is 113 Å². The number of anilines is 6. The number of aromatic nitrogens is 10. The van der Waals surface area contributed by atoms with Gasteiger partial charge in [-0.05, 0) is 259 Å². The summed E-state index contributed by atoms with van der Waals surface area (Å²) in [5, 5.41) is 25.3. The van der Waals surface area contributed by atoms with Gasteiger partial charge in [0.15, 0.2) is 11.6 Å². The summed E-state index contributed by atoms with van der Waals surface area (Å²) in [7, 11) is 0. The first kappa shape index (κ1) is 110. The van der Waals surface area contributed by atoms with Gasteiger partial charge in [-0.15, -0.1) is 10.2 Å². The molecule has 0 bridgehead atoms. The number of halogens is 4. The first-order valence-electron chi connectivity index (χ1n) is 44.8. The zero-order valence-electron chi connectivity index (χ0n) is 81.3. The Morgan fingerprint density at radius 3 is 1.22 bits per heavy atom. The normalized spacial score (nSPS) is 10.1. The fraction of sp³-hybridized carbons (Fsp3) is 0.179. The van der Waals surface area contributed by atoms with E-state index in [4.69, 9.17) is 74.5 Å². The van der Waals surface area contributed by atoms with Gasteiger partial charge in [0.25, 0.3) is 0 Å². The second kappa shape index (κ2) is 57.2. The van der Waals surface area contributed by atoms with E-state index in [-0.39, 0.29) is 29.8 Å². The SMILES string of the molecule is Cc1c(F)cccc1CN.Cc1cc(F)ccc1CN.Cc1ccc(CN)cc1.Cc1ccc(F)cc1CN.Cc1ccc2c(N)nccc2c1.Cc1ccc2c(N)ncnc2c1.Cc1ccc2c(N)nncc2c1.Cc1ccc2ccnc(N)c2c1.Cc1ccc2cnnc(N)c2c1.Cc1ccc2ncnc(N)c2c1.Cc1cccc(CN)c1.Cc1cccc(F)c1CN.Cc1ccccc1CN. The van der Waals surface area contributed by atoms with Crippen molar-refractivity contribution in [3.8, 4) is 0 Å². The van der Waals surface area contributed by atoms with E-state index in [0.717, 1.165) is 98.3 Å². The number of fused-ring (bicyclic) bond motifs is 6. The maximum absolute atomic E-state index is 12.8. The molecule has 0 unspecified atom stereocenters. The number of benzene rings is 13. The number of nitrogens with two attached hydrogens (primary N) is 13. The molecule has 0 amide bonds. The standard InChI is InChI=1S/2C10H10N2.4C9H9N3.4C8H10FN.3C8H11N/c1-7-2-3-9-8(6-7)4-5-12-10(9)11;1-7-2-3-8-4-5-12-10(11)9(8)6-7;1-6-2-3-8-7(4-6)9(10)12-5-11-8;1-6-2-3-8-7(4-6)5-11-12-9(8)10;1-6-2-3-7-8(4-6)11-5-12-9(7)10;1-6-2-3-7-5-11-12-9(10)8(7)4-6;1-6-4-8(9)3-2-7(6)5-10;1-6-2-3-8(9)4-7(6)5-10;1-6-7(5-10)3-2-4-8(6)9;1-6-3-2-4-8(9)7(6)5-10;1-7-2-4-8(6-9)5-3-7;1-7-3-2-4-8(5-7)6-9;1-7-4-2-3-5-8(7)6-9/h2*2-6H,1H3,(H2,11,12);2-5H,1H3,(H2,10,11,12);2-5H,1H3,(H2,10,12);2-5H,1H3,(H2,10,11,12);2-5H,1H3,(H2,10,12);4*2-4H,5,10H2,1H3;3*2-5H,6,9H2,1H3. The minimum Gasteiger partial charge on any atom is -0.383 e. The van der Waals surface area contributed by atoms with Crippen LogP contribution >= 0.6 is 0 Å². The highest BCUT2D eigenvalue weighted by atomic mass is 19.1. The quantitative estimate of drug-likeness (QED) is 0.0659. The fourth-order valence-corrected chi connectivity index (χ4v) is 13.4. The van der Waals surface area contributed by atoms with Gasteiger partial charge >= 0.3 is 0 Å². The first-order chi connectivity index (χ1) is 66.6. The summed E-state index contributed by atoms with van der Waals surface area (Å²) in [4.78, 5) is 24.1.